The van der Waals surface area contributed by atoms with Crippen molar-refractivity contribution in [2.75, 3.05) is 24.6 Å². The lowest BCUT2D eigenvalue weighted by Gasteiger charge is -2.48. The number of aryl methyl sites for hydroxylation is 2. The van der Waals surface area contributed by atoms with Gasteiger partial charge in [-0.3, -0.25) is 9.47 Å². The molecule has 0 aliphatic carbocycles. The van der Waals surface area contributed by atoms with Gasteiger partial charge in [-0.05, 0) is 52.0 Å². The van der Waals surface area contributed by atoms with Crippen LogP contribution in [0.3, 0.4) is 0 Å². The standard InChI is InChI=1S/C28H38FN9O2/c1-6-19-15-36(27-25-22(34(5)28(39)31-27)16-38(33-25)23-10-8-9-13-40-23)20(7-2)14-35(19)18(4)21-11-12-37-26(30-21)24(29)17(3)32-37/h11-12,16,18-20,23H,6-10,13-15H2,1-5H3/t18?,19-,20+,23?/m1/s1. The molecule has 12 heteroatoms. The lowest BCUT2D eigenvalue weighted by molar-refractivity contribution is -0.0390. The zero-order valence-electron chi connectivity index (χ0n) is 23.9. The lowest BCUT2D eigenvalue weighted by atomic mass is 9.99. The molecule has 2 unspecified atom stereocenters. The third kappa shape index (κ3) is 4.46. The zero-order chi connectivity index (χ0) is 28.1. The van der Waals surface area contributed by atoms with Gasteiger partial charge in [-0.1, -0.05) is 13.8 Å². The molecule has 6 rings (SSSR count). The summed E-state index contributed by atoms with van der Waals surface area (Å²) in [5.74, 6) is 0.262. The molecule has 11 nitrogen and oxygen atoms in total. The van der Waals surface area contributed by atoms with Crippen LogP contribution in [0.2, 0.25) is 0 Å². The minimum Gasteiger partial charge on any atom is -0.357 e. The summed E-state index contributed by atoms with van der Waals surface area (Å²) >= 11 is 0. The largest absolute Gasteiger partial charge is 0.357 e. The van der Waals surface area contributed by atoms with Crippen molar-refractivity contribution in [3.8, 4) is 0 Å². The van der Waals surface area contributed by atoms with Gasteiger partial charge in [-0.15, -0.1) is 0 Å². The molecule has 40 heavy (non-hydrogen) atoms. The lowest BCUT2D eigenvalue weighted by Crippen LogP contribution is -2.59. The quantitative estimate of drug-likeness (QED) is 0.357. The zero-order valence-corrected chi connectivity index (χ0v) is 23.9. The Bertz CT molecular complexity index is 1590. The highest BCUT2D eigenvalue weighted by molar-refractivity contribution is 5.85. The smallest absolute Gasteiger partial charge is 0.349 e. The van der Waals surface area contributed by atoms with Gasteiger partial charge >= 0.3 is 5.69 Å². The van der Waals surface area contributed by atoms with Crippen molar-refractivity contribution in [1.29, 1.82) is 0 Å². The van der Waals surface area contributed by atoms with Crippen LogP contribution in [-0.2, 0) is 11.8 Å². The van der Waals surface area contributed by atoms with Gasteiger partial charge in [0.05, 0.1) is 23.1 Å². The number of piperazine rings is 1. The monoisotopic (exact) mass is 551 g/mol. The van der Waals surface area contributed by atoms with E-state index in [9.17, 15) is 9.18 Å². The van der Waals surface area contributed by atoms with E-state index in [0.29, 0.717) is 18.1 Å². The molecular weight excluding hydrogens is 513 g/mol. The molecule has 2 fully saturated rings. The van der Waals surface area contributed by atoms with Crippen LogP contribution in [0.5, 0.6) is 0 Å². The van der Waals surface area contributed by atoms with Crippen LogP contribution in [0.1, 0.15) is 76.5 Å². The van der Waals surface area contributed by atoms with Crippen molar-refractivity contribution in [1.82, 2.24) is 38.8 Å². The third-order valence-corrected chi connectivity index (χ3v) is 8.71. The second-order valence-corrected chi connectivity index (χ2v) is 11.1. The molecule has 6 heterocycles. The molecule has 0 spiro atoms. The number of hydrogen-bond acceptors (Lipinski definition) is 8. The fourth-order valence-corrected chi connectivity index (χ4v) is 6.24. The predicted octanol–water partition coefficient (Wildman–Crippen LogP) is 3.76. The summed E-state index contributed by atoms with van der Waals surface area (Å²) in [5.41, 5.74) is 2.61. The Labute approximate surface area is 232 Å². The number of nitrogens with zero attached hydrogens (tertiary/aromatic N) is 9. The second-order valence-electron chi connectivity index (χ2n) is 11.1. The van der Waals surface area contributed by atoms with E-state index >= 15 is 0 Å². The number of rotatable bonds is 6. The first kappa shape index (κ1) is 26.8. The molecule has 2 aliphatic rings. The van der Waals surface area contributed by atoms with E-state index < -0.39 is 0 Å². The maximum Gasteiger partial charge on any atom is 0.349 e. The molecule has 214 valence electrons. The molecule has 2 saturated heterocycles. The number of hydrogen-bond donors (Lipinski definition) is 0. The topological polar surface area (TPSA) is 98.6 Å². The first-order valence-corrected chi connectivity index (χ1v) is 14.4. The molecule has 4 aromatic rings. The highest BCUT2D eigenvalue weighted by Gasteiger charge is 2.37. The summed E-state index contributed by atoms with van der Waals surface area (Å²) in [6, 6.07) is 2.19. The Kier molecular flexibility index (Phi) is 7.07. The van der Waals surface area contributed by atoms with Crippen LogP contribution < -0.4 is 10.6 Å². The molecule has 0 aromatic carbocycles. The van der Waals surface area contributed by atoms with E-state index in [1.165, 1.54) is 4.52 Å². The summed E-state index contributed by atoms with van der Waals surface area (Å²) in [5, 5.41) is 9.14. The number of halogens is 1. The van der Waals surface area contributed by atoms with Crippen molar-refractivity contribution >= 4 is 22.5 Å². The fraction of sp³-hybridized carbons (Fsp3) is 0.607. The van der Waals surface area contributed by atoms with E-state index in [1.54, 1.807) is 24.7 Å². The number of aromatic nitrogens is 7. The number of anilines is 1. The predicted molar refractivity (Wildman–Crippen MR) is 150 cm³/mol. The average molecular weight is 552 g/mol. The van der Waals surface area contributed by atoms with Crippen LogP contribution in [0.15, 0.2) is 23.3 Å². The van der Waals surface area contributed by atoms with E-state index in [1.807, 2.05) is 16.9 Å². The minimum atomic E-state index is -0.379. The van der Waals surface area contributed by atoms with Crippen LogP contribution in [0, 0.1) is 12.7 Å². The first-order valence-electron chi connectivity index (χ1n) is 14.4. The summed E-state index contributed by atoms with van der Waals surface area (Å²) in [7, 11) is 1.75. The van der Waals surface area contributed by atoms with E-state index in [4.69, 9.17) is 9.84 Å². The number of fused-ring (bicyclic) bond motifs is 2. The maximum atomic E-state index is 14.6. The van der Waals surface area contributed by atoms with Gasteiger partial charge in [0.15, 0.2) is 22.8 Å². The molecule has 0 saturated carbocycles. The Morgan fingerprint density at radius 3 is 2.65 bits per heavy atom. The minimum absolute atomic E-state index is 0.0277. The Balaban J connectivity index is 1.34. The van der Waals surface area contributed by atoms with Crippen LogP contribution in [-0.4, -0.2) is 70.6 Å². The summed E-state index contributed by atoms with van der Waals surface area (Å²) in [4.78, 5) is 27.0. The van der Waals surface area contributed by atoms with Gasteiger partial charge in [-0.2, -0.15) is 15.2 Å². The summed E-state index contributed by atoms with van der Waals surface area (Å²) < 4.78 is 25.5. The van der Waals surface area contributed by atoms with Crippen molar-refractivity contribution < 1.29 is 9.13 Å². The first-order chi connectivity index (χ1) is 19.3. The van der Waals surface area contributed by atoms with Gasteiger partial charge in [0, 0.05) is 51.1 Å². The molecule has 0 radical (unpaired) electrons. The van der Waals surface area contributed by atoms with E-state index in [2.05, 4.69) is 45.6 Å². The summed E-state index contributed by atoms with van der Waals surface area (Å²) in [6.07, 6.45) is 8.41. The van der Waals surface area contributed by atoms with Crippen molar-refractivity contribution in [3.63, 3.8) is 0 Å². The van der Waals surface area contributed by atoms with Gasteiger partial charge in [0.1, 0.15) is 6.23 Å². The number of ether oxygens (including phenoxy) is 1. The molecular formula is C28H38FN9O2. The molecule has 4 atom stereocenters. The second kappa shape index (κ2) is 10.5. The molecule has 0 amide bonds. The van der Waals surface area contributed by atoms with E-state index in [0.717, 1.165) is 62.0 Å². The van der Waals surface area contributed by atoms with Crippen LogP contribution >= 0.6 is 0 Å². The Morgan fingerprint density at radius 2 is 1.93 bits per heavy atom. The maximum absolute atomic E-state index is 14.6. The third-order valence-electron chi connectivity index (χ3n) is 8.71. The van der Waals surface area contributed by atoms with Gasteiger partial charge < -0.3 is 9.64 Å². The average Bonchev–Trinajstić information content (AvgIpc) is 3.55. The van der Waals surface area contributed by atoms with Crippen molar-refractivity contribution in [2.24, 2.45) is 7.05 Å². The fourth-order valence-electron chi connectivity index (χ4n) is 6.24. The molecule has 0 N–H and O–H groups in total. The van der Waals surface area contributed by atoms with E-state index in [-0.39, 0.29) is 41.5 Å². The van der Waals surface area contributed by atoms with Gasteiger partial charge in [-0.25, -0.2) is 23.4 Å². The highest BCUT2D eigenvalue weighted by atomic mass is 19.1. The van der Waals surface area contributed by atoms with Crippen LogP contribution in [0.25, 0.3) is 16.7 Å². The Morgan fingerprint density at radius 1 is 1.12 bits per heavy atom. The normalized spacial score (nSPS) is 23.4. The SMILES string of the molecule is CC[C@H]1CN(C(C)c2ccn3nc(C)c(F)c3n2)[C@H](CC)CN1c1nc(=O)n(C)c2cn(C3CCCCO3)nc12. The van der Waals surface area contributed by atoms with Crippen molar-refractivity contribution in [2.45, 2.75) is 84.2 Å². The van der Waals surface area contributed by atoms with Gasteiger partial charge in [0.2, 0.25) is 0 Å². The molecule has 4 aromatic heterocycles. The summed E-state index contributed by atoms with van der Waals surface area (Å²) in [6.45, 7) is 10.3. The Hall–Kier alpha value is -3.38. The van der Waals surface area contributed by atoms with Crippen molar-refractivity contribution in [3.05, 3.63) is 46.1 Å². The van der Waals surface area contributed by atoms with Gasteiger partial charge in [0.25, 0.3) is 0 Å². The molecule has 2 aliphatic heterocycles. The molecule has 0 bridgehead atoms. The van der Waals surface area contributed by atoms with Crippen LogP contribution in [0.4, 0.5) is 10.2 Å². The highest BCUT2D eigenvalue weighted by Crippen LogP contribution is 2.34.